The van der Waals surface area contributed by atoms with E-state index in [9.17, 15) is 14.4 Å². The largest absolute Gasteiger partial charge is 0.372 e. The molecule has 0 radical (unpaired) electrons. The Labute approximate surface area is 164 Å². The Morgan fingerprint density at radius 2 is 1.50 bits per heavy atom. The third-order valence-corrected chi connectivity index (χ3v) is 5.01. The van der Waals surface area contributed by atoms with Crippen molar-refractivity contribution in [3.63, 3.8) is 0 Å². The van der Waals surface area contributed by atoms with Crippen LogP contribution in [0, 0.1) is 5.92 Å². The van der Waals surface area contributed by atoms with Gasteiger partial charge in [-0.1, -0.05) is 19.1 Å². The van der Waals surface area contributed by atoms with Gasteiger partial charge >= 0.3 is 11.8 Å². The lowest BCUT2D eigenvalue weighted by atomic mass is 9.99. The zero-order chi connectivity index (χ0) is 20.1. The van der Waals surface area contributed by atoms with Crippen molar-refractivity contribution in [3.8, 4) is 0 Å². The molecule has 1 aliphatic heterocycles. The number of ketones is 1. The van der Waals surface area contributed by atoms with Gasteiger partial charge in [0, 0.05) is 35.7 Å². The summed E-state index contributed by atoms with van der Waals surface area (Å²) in [6.07, 6.45) is 2.37. The molecule has 1 heterocycles. The van der Waals surface area contributed by atoms with Gasteiger partial charge in [-0.05, 0) is 62.1 Å². The monoisotopic (exact) mass is 379 g/mol. The van der Waals surface area contributed by atoms with Gasteiger partial charge in [-0.25, -0.2) is 0 Å². The van der Waals surface area contributed by atoms with Crippen molar-refractivity contribution in [1.82, 2.24) is 0 Å². The normalized spacial score (nSPS) is 14.4. The van der Waals surface area contributed by atoms with Crippen LogP contribution in [0.4, 0.5) is 17.1 Å². The average molecular weight is 379 g/mol. The van der Waals surface area contributed by atoms with Crippen molar-refractivity contribution in [2.24, 2.45) is 5.92 Å². The molecule has 0 bridgehead atoms. The summed E-state index contributed by atoms with van der Waals surface area (Å²) < 4.78 is 0. The Hall–Kier alpha value is -3.15. The van der Waals surface area contributed by atoms with E-state index in [4.69, 9.17) is 0 Å². The van der Waals surface area contributed by atoms with Crippen molar-refractivity contribution in [2.45, 2.75) is 26.7 Å². The van der Waals surface area contributed by atoms with E-state index in [0.29, 0.717) is 16.9 Å². The standard InChI is InChI=1S/C22H25N3O3/c1-15-10-12-25(13-11-15)20-8-6-18(7-9-20)23-21(27)22(28)24-19-5-3-4-17(14-19)16(2)26/h3-9,14-15H,10-13H2,1-2H3,(H,23,27)(H,24,28). The van der Waals surface area contributed by atoms with Crippen molar-refractivity contribution in [2.75, 3.05) is 28.6 Å². The molecule has 28 heavy (non-hydrogen) atoms. The second kappa shape index (κ2) is 8.69. The van der Waals surface area contributed by atoms with E-state index in [1.165, 1.54) is 19.8 Å². The molecule has 0 aliphatic carbocycles. The first kappa shape index (κ1) is 19.6. The summed E-state index contributed by atoms with van der Waals surface area (Å²) in [5, 5.41) is 5.11. The molecule has 1 aliphatic rings. The van der Waals surface area contributed by atoms with Crippen LogP contribution in [0.25, 0.3) is 0 Å². The van der Waals surface area contributed by atoms with Crippen LogP contribution in [-0.4, -0.2) is 30.7 Å². The second-order valence-electron chi connectivity index (χ2n) is 7.26. The fraction of sp³-hybridized carbons (Fsp3) is 0.318. The number of hydrogen-bond donors (Lipinski definition) is 2. The fourth-order valence-corrected chi connectivity index (χ4v) is 3.21. The summed E-state index contributed by atoms with van der Waals surface area (Å²) in [5.41, 5.74) is 2.56. The van der Waals surface area contributed by atoms with Crippen LogP contribution in [0.1, 0.15) is 37.0 Å². The van der Waals surface area contributed by atoms with Gasteiger partial charge < -0.3 is 15.5 Å². The van der Waals surface area contributed by atoms with E-state index in [2.05, 4.69) is 22.5 Å². The van der Waals surface area contributed by atoms with Crippen LogP contribution in [0.15, 0.2) is 48.5 Å². The molecule has 3 rings (SSSR count). The summed E-state index contributed by atoms with van der Waals surface area (Å²) in [4.78, 5) is 38.0. The lowest BCUT2D eigenvalue weighted by Gasteiger charge is -2.32. The number of nitrogens with one attached hydrogen (secondary N) is 2. The Kier molecular flexibility index (Phi) is 6.09. The summed E-state index contributed by atoms with van der Waals surface area (Å²) >= 11 is 0. The van der Waals surface area contributed by atoms with Crippen LogP contribution in [-0.2, 0) is 9.59 Å². The summed E-state index contributed by atoms with van der Waals surface area (Å²) in [7, 11) is 0. The highest BCUT2D eigenvalue weighted by Gasteiger charge is 2.17. The Balaban J connectivity index is 1.57. The molecule has 2 aromatic carbocycles. The molecule has 146 valence electrons. The number of anilines is 3. The van der Waals surface area contributed by atoms with Crippen LogP contribution in [0.3, 0.4) is 0 Å². The molecule has 0 saturated carbocycles. The van der Waals surface area contributed by atoms with Crippen LogP contribution in [0.5, 0.6) is 0 Å². The fourth-order valence-electron chi connectivity index (χ4n) is 3.21. The summed E-state index contributed by atoms with van der Waals surface area (Å²) in [6, 6.07) is 14.0. The third-order valence-electron chi connectivity index (χ3n) is 5.01. The van der Waals surface area contributed by atoms with Gasteiger partial charge in [0.2, 0.25) is 0 Å². The molecule has 1 saturated heterocycles. The highest BCUT2D eigenvalue weighted by molar-refractivity contribution is 6.43. The zero-order valence-electron chi connectivity index (χ0n) is 16.2. The maximum Gasteiger partial charge on any atom is 0.314 e. The van der Waals surface area contributed by atoms with Crippen molar-refractivity contribution in [3.05, 3.63) is 54.1 Å². The second-order valence-corrected chi connectivity index (χ2v) is 7.26. The third kappa shape index (κ3) is 4.97. The average Bonchev–Trinajstić information content (AvgIpc) is 2.69. The maximum atomic E-state index is 12.2. The molecule has 2 N–H and O–H groups in total. The van der Waals surface area contributed by atoms with E-state index >= 15 is 0 Å². The van der Waals surface area contributed by atoms with Gasteiger partial charge in [-0.2, -0.15) is 0 Å². The molecule has 1 fully saturated rings. The molecular weight excluding hydrogens is 354 g/mol. The Morgan fingerprint density at radius 3 is 2.11 bits per heavy atom. The quantitative estimate of drug-likeness (QED) is 0.627. The number of hydrogen-bond acceptors (Lipinski definition) is 4. The maximum absolute atomic E-state index is 12.2. The van der Waals surface area contributed by atoms with Gasteiger partial charge in [0.1, 0.15) is 0 Å². The first-order valence-electron chi connectivity index (χ1n) is 9.51. The molecule has 0 atom stereocenters. The van der Waals surface area contributed by atoms with Gasteiger partial charge in [-0.15, -0.1) is 0 Å². The van der Waals surface area contributed by atoms with Crippen LogP contribution >= 0.6 is 0 Å². The highest BCUT2D eigenvalue weighted by atomic mass is 16.2. The molecule has 6 heteroatoms. The number of amides is 2. The van der Waals surface area contributed by atoms with Gasteiger partial charge in [0.05, 0.1) is 0 Å². The van der Waals surface area contributed by atoms with Crippen LogP contribution in [0.2, 0.25) is 0 Å². The van der Waals surface area contributed by atoms with Gasteiger partial charge in [0.25, 0.3) is 0 Å². The predicted octanol–water partition coefficient (Wildman–Crippen LogP) is 3.70. The minimum absolute atomic E-state index is 0.108. The summed E-state index contributed by atoms with van der Waals surface area (Å²) in [5.74, 6) is -0.879. The van der Waals surface area contributed by atoms with E-state index in [1.54, 1.807) is 36.4 Å². The number of carbonyl (C=O) groups is 3. The molecule has 6 nitrogen and oxygen atoms in total. The highest BCUT2D eigenvalue weighted by Crippen LogP contribution is 2.24. The SMILES string of the molecule is CC(=O)c1cccc(NC(=O)C(=O)Nc2ccc(N3CCC(C)CC3)cc2)c1. The number of nitrogens with zero attached hydrogens (tertiary/aromatic N) is 1. The lowest BCUT2D eigenvalue weighted by molar-refractivity contribution is -0.132. The lowest BCUT2D eigenvalue weighted by Crippen LogP contribution is -2.32. The minimum atomic E-state index is -0.783. The summed E-state index contributed by atoms with van der Waals surface area (Å²) in [6.45, 7) is 5.79. The Bertz CT molecular complexity index is 869. The van der Waals surface area contributed by atoms with E-state index in [0.717, 1.165) is 24.7 Å². The van der Waals surface area contributed by atoms with Crippen molar-refractivity contribution < 1.29 is 14.4 Å². The Morgan fingerprint density at radius 1 is 0.893 bits per heavy atom. The topological polar surface area (TPSA) is 78.5 Å². The van der Waals surface area contributed by atoms with E-state index in [-0.39, 0.29) is 5.78 Å². The molecule has 0 spiro atoms. The van der Waals surface area contributed by atoms with Crippen molar-refractivity contribution >= 4 is 34.7 Å². The molecule has 0 aromatic heterocycles. The number of piperidine rings is 1. The van der Waals surface area contributed by atoms with Crippen LogP contribution < -0.4 is 15.5 Å². The van der Waals surface area contributed by atoms with E-state index in [1.807, 2.05) is 12.1 Å². The van der Waals surface area contributed by atoms with Gasteiger partial charge in [0.15, 0.2) is 5.78 Å². The first-order chi connectivity index (χ1) is 13.4. The number of rotatable bonds is 4. The number of carbonyl (C=O) groups excluding carboxylic acids is 3. The van der Waals surface area contributed by atoms with Crippen molar-refractivity contribution in [1.29, 1.82) is 0 Å². The molecule has 2 aromatic rings. The molecule has 0 unspecified atom stereocenters. The minimum Gasteiger partial charge on any atom is -0.372 e. The smallest absolute Gasteiger partial charge is 0.314 e. The number of Topliss-reactive ketones (excluding diaryl/α,β-unsaturated/α-hetero) is 1. The van der Waals surface area contributed by atoms with E-state index < -0.39 is 11.8 Å². The molecule has 2 amide bonds. The molecular formula is C22H25N3O3. The van der Waals surface area contributed by atoms with Gasteiger partial charge in [-0.3, -0.25) is 14.4 Å². The first-order valence-corrected chi connectivity index (χ1v) is 9.51. The zero-order valence-corrected chi connectivity index (χ0v) is 16.2. The number of benzene rings is 2. The predicted molar refractivity (Wildman–Crippen MR) is 111 cm³/mol.